The minimum Gasteiger partial charge on any atom is -0.373 e. The molecule has 1 aliphatic heterocycles. The van der Waals surface area contributed by atoms with E-state index < -0.39 is 0 Å². The van der Waals surface area contributed by atoms with Gasteiger partial charge in [0, 0.05) is 25.2 Å². The van der Waals surface area contributed by atoms with Gasteiger partial charge >= 0.3 is 0 Å². The zero-order valence-electron chi connectivity index (χ0n) is 19.0. The van der Waals surface area contributed by atoms with E-state index in [2.05, 4.69) is 47.4 Å². The van der Waals surface area contributed by atoms with Crippen molar-refractivity contribution < 1.29 is 9.53 Å². The molecule has 0 saturated carbocycles. The summed E-state index contributed by atoms with van der Waals surface area (Å²) in [6.07, 6.45) is 3.39. The van der Waals surface area contributed by atoms with Crippen LogP contribution in [0.1, 0.15) is 48.1 Å². The second-order valence-electron chi connectivity index (χ2n) is 8.60. The van der Waals surface area contributed by atoms with Gasteiger partial charge in [-0.15, -0.1) is 0 Å². The summed E-state index contributed by atoms with van der Waals surface area (Å²) in [7, 11) is 0. The molecule has 1 aliphatic rings. The zero-order valence-corrected chi connectivity index (χ0v) is 19.8. The van der Waals surface area contributed by atoms with Crippen molar-refractivity contribution in [2.45, 2.75) is 45.1 Å². The van der Waals surface area contributed by atoms with Gasteiger partial charge in [0.2, 0.25) is 0 Å². The number of hydrogen-bond donors (Lipinski definition) is 2. The Morgan fingerprint density at radius 2 is 1.91 bits per heavy atom. The highest BCUT2D eigenvalue weighted by Gasteiger charge is 2.22. The maximum absolute atomic E-state index is 13.0. The number of hydrogen-bond acceptors (Lipinski definition) is 5. The summed E-state index contributed by atoms with van der Waals surface area (Å²) in [5.41, 5.74) is 3.78. The molecular weight excluding hydrogens is 420 g/mol. The summed E-state index contributed by atoms with van der Waals surface area (Å²) in [5, 5.41) is 3.18. The van der Waals surface area contributed by atoms with E-state index in [1.54, 1.807) is 11.8 Å². The average Bonchev–Trinajstić information content (AvgIpc) is 3.20. The maximum atomic E-state index is 13.0. The number of rotatable bonds is 8. The number of nitrogens with zero attached hydrogens (tertiary/aromatic N) is 2. The number of amides is 1. The number of nitrogens with one attached hydrogen (secondary N) is 2. The summed E-state index contributed by atoms with van der Waals surface area (Å²) in [6, 6.07) is 15.7. The van der Waals surface area contributed by atoms with Gasteiger partial charge in [-0.2, -0.15) is 11.8 Å². The van der Waals surface area contributed by atoms with Crippen LogP contribution in [-0.2, 0) is 11.3 Å². The molecule has 6 nitrogen and oxygen atoms in total. The van der Waals surface area contributed by atoms with Crippen LogP contribution in [0.25, 0.3) is 11.0 Å². The molecule has 2 heterocycles. The van der Waals surface area contributed by atoms with E-state index in [4.69, 9.17) is 9.72 Å². The van der Waals surface area contributed by atoms with Crippen LogP contribution in [-0.4, -0.2) is 58.1 Å². The van der Waals surface area contributed by atoms with Gasteiger partial charge in [0.25, 0.3) is 5.91 Å². The number of H-pyrrole nitrogens is 1. The SMILES string of the molecule is CSCCC(NC(=O)c1ccc(CN2CC(C)OC(C)C2)cc1)c1nc2ccccc2[nH]1. The Hall–Kier alpha value is -2.35. The standard InChI is InChI=1S/C25H32N4O2S/c1-17-14-29(15-18(2)31-17)16-19-8-10-20(11-9-19)25(30)28-23(12-13-32-3)24-26-21-6-4-5-7-22(21)27-24/h4-11,17-18,23H,12-16H2,1-3H3,(H,26,27)(H,28,30). The third-order valence-corrected chi connectivity index (χ3v) is 6.42. The van der Waals surface area contributed by atoms with Crippen LogP contribution >= 0.6 is 11.8 Å². The van der Waals surface area contributed by atoms with Crippen LogP contribution in [0.5, 0.6) is 0 Å². The molecule has 1 aromatic heterocycles. The van der Waals surface area contributed by atoms with Crippen LogP contribution in [0.4, 0.5) is 0 Å². The molecule has 0 spiro atoms. The van der Waals surface area contributed by atoms with Crippen molar-refractivity contribution in [1.82, 2.24) is 20.2 Å². The highest BCUT2D eigenvalue weighted by atomic mass is 32.2. The second-order valence-corrected chi connectivity index (χ2v) is 9.58. The monoisotopic (exact) mass is 452 g/mol. The molecule has 170 valence electrons. The molecule has 7 heteroatoms. The lowest BCUT2D eigenvalue weighted by atomic mass is 10.1. The molecular formula is C25H32N4O2S. The lowest BCUT2D eigenvalue weighted by Gasteiger charge is -2.35. The van der Waals surface area contributed by atoms with Crippen molar-refractivity contribution in [2.24, 2.45) is 0 Å². The Morgan fingerprint density at radius 1 is 1.19 bits per heavy atom. The summed E-state index contributed by atoms with van der Waals surface area (Å²) < 4.78 is 5.82. The number of carbonyl (C=O) groups is 1. The van der Waals surface area contributed by atoms with Gasteiger partial charge in [-0.3, -0.25) is 9.69 Å². The minimum absolute atomic E-state index is 0.0725. The molecule has 32 heavy (non-hydrogen) atoms. The summed E-state index contributed by atoms with van der Waals surface area (Å²) in [5.74, 6) is 1.68. The molecule has 2 aromatic carbocycles. The first-order valence-corrected chi connectivity index (χ1v) is 12.6. The third kappa shape index (κ3) is 5.71. The van der Waals surface area contributed by atoms with Gasteiger partial charge in [0.15, 0.2) is 0 Å². The Kier molecular flexibility index (Phi) is 7.50. The van der Waals surface area contributed by atoms with E-state index in [9.17, 15) is 4.79 Å². The van der Waals surface area contributed by atoms with E-state index in [0.717, 1.165) is 48.7 Å². The van der Waals surface area contributed by atoms with Crippen molar-refractivity contribution in [1.29, 1.82) is 0 Å². The zero-order chi connectivity index (χ0) is 22.5. The third-order valence-electron chi connectivity index (χ3n) is 5.77. The van der Waals surface area contributed by atoms with Crippen molar-refractivity contribution in [3.05, 3.63) is 65.5 Å². The fourth-order valence-electron chi connectivity index (χ4n) is 4.33. The summed E-state index contributed by atoms with van der Waals surface area (Å²) in [4.78, 5) is 23.5. The number of para-hydroxylation sites is 2. The van der Waals surface area contributed by atoms with Gasteiger partial charge in [-0.05, 0) is 62.1 Å². The fourth-order valence-corrected chi connectivity index (χ4v) is 4.80. The lowest BCUT2D eigenvalue weighted by Crippen LogP contribution is -2.44. The molecule has 1 amide bonds. The number of ether oxygens (including phenoxy) is 1. The largest absolute Gasteiger partial charge is 0.373 e. The maximum Gasteiger partial charge on any atom is 0.251 e. The summed E-state index contributed by atoms with van der Waals surface area (Å²) >= 11 is 1.77. The highest BCUT2D eigenvalue weighted by molar-refractivity contribution is 7.98. The molecule has 3 unspecified atom stereocenters. The molecule has 0 aliphatic carbocycles. The number of aromatic amines is 1. The number of fused-ring (bicyclic) bond motifs is 1. The normalized spacial score (nSPS) is 20.3. The number of imidazole rings is 1. The van der Waals surface area contributed by atoms with Crippen LogP contribution in [0.3, 0.4) is 0 Å². The number of aromatic nitrogens is 2. The predicted octanol–water partition coefficient (Wildman–Crippen LogP) is 4.40. The van der Waals surface area contributed by atoms with Crippen molar-refractivity contribution in [2.75, 3.05) is 25.1 Å². The quantitative estimate of drug-likeness (QED) is 0.530. The Morgan fingerprint density at radius 3 is 2.59 bits per heavy atom. The Labute approximate surface area is 194 Å². The Balaban J connectivity index is 1.42. The molecule has 3 atom stereocenters. The van der Waals surface area contributed by atoms with Gasteiger partial charge in [0.1, 0.15) is 5.82 Å². The number of carbonyl (C=O) groups excluding carboxylic acids is 1. The van der Waals surface area contributed by atoms with Crippen molar-refractivity contribution in [3.63, 3.8) is 0 Å². The first-order valence-electron chi connectivity index (χ1n) is 11.2. The highest BCUT2D eigenvalue weighted by Crippen LogP contribution is 2.21. The fraction of sp³-hybridized carbons (Fsp3) is 0.440. The van der Waals surface area contributed by atoms with Gasteiger partial charge in [-0.1, -0.05) is 24.3 Å². The summed E-state index contributed by atoms with van der Waals surface area (Å²) in [6.45, 7) is 6.97. The first-order chi connectivity index (χ1) is 15.5. The average molecular weight is 453 g/mol. The molecule has 2 N–H and O–H groups in total. The molecule has 0 bridgehead atoms. The van der Waals surface area contributed by atoms with Crippen LogP contribution in [0, 0.1) is 0 Å². The van der Waals surface area contributed by atoms with Crippen molar-refractivity contribution in [3.8, 4) is 0 Å². The van der Waals surface area contributed by atoms with Gasteiger partial charge < -0.3 is 15.0 Å². The topological polar surface area (TPSA) is 70.2 Å². The Bertz CT molecular complexity index is 993. The van der Waals surface area contributed by atoms with Gasteiger partial charge in [-0.25, -0.2) is 4.98 Å². The number of morpholine rings is 1. The van der Waals surface area contributed by atoms with Crippen LogP contribution in [0.2, 0.25) is 0 Å². The first kappa shape index (κ1) is 22.8. The van der Waals surface area contributed by atoms with E-state index in [1.807, 2.05) is 36.4 Å². The molecule has 0 radical (unpaired) electrons. The minimum atomic E-state index is -0.154. The molecule has 3 aromatic rings. The van der Waals surface area contributed by atoms with Crippen molar-refractivity contribution >= 4 is 28.7 Å². The van der Waals surface area contributed by atoms with E-state index in [1.165, 1.54) is 5.56 Å². The molecule has 4 rings (SSSR count). The van der Waals surface area contributed by atoms with E-state index >= 15 is 0 Å². The van der Waals surface area contributed by atoms with Gasteiger partial charge in [0.05, 0.1) is 29.3 Å². The second kappa shape index (κ2) is 10.5. The number of benzene rings is 2. The lowest BCUT2D eigenvalue weighted by molar-refractivity contribution is -0.0704. The van der Waals surface area contributed by atoms with Crippen LogP contribution in [0.15, 0.2) is 48.5 Å². The van der Waals surface area contributed by atoms with Crippen LogP contribution < -0.4 is 5.32 Å². The molecule has 1 saturated heterocycles. The smallest absolute Gasteiger partial charge is 0.251 e. The predicted molar refractivity (Wildman–Crippen MR) is 131 cm³/mol. The molecule has 1 fully saturated rings. The number of thioether (sulfide) groups is 1. The van der Waals surface area contributed by atoms with E-state index in [0.29, 0.717) is 5.56 Å². The van der Waals surface area contributed by atoms with E-state index in [-0.39, 0.29) is 24.2 Å².